The van der Waals surface area contributed by atoms with Crippen LogP contribution in [-0.4, -0.2) is 33.8 Å². The first-order valence-corrected chi connectivity index (χ1v) is 8.28. The minimum absolute atomic E-state index is 0.267. The first-order chi connectivity index (χ1) is 11.5. The number of hydrogen-bond donors (Lipinski definition) is 2. The number of amides is 1. The summed E-state index contributed by atoms with van der Waals surface area (Å²) in [5.74, 6) is -1.42. The highest BCUT2D eigenvalue weighted by Gasteiger charge is 2.31. The lowest BCUT2D eigenvalue weighted by molar-refractivity contribution is -0.140. The zero-order chi connectivity index (χ0) is 17.5. The molecule has 2 aromatic rings. The highest BCUT2D eigenvalue weighted by atomic mass is 32.1. The van der Waals surface area contributed by atoms with Crippen LogP contribution < -0.4 is 4.90 Å². The van der Waals surface area contributed by atoms with E-state index in [1.54, 1.807) is 18.3 Å². The summed E-state index contributed by atoms with van der Waals surface area (Å²) in [7, 11) is 0. The van der Waals surface area contributed by atoms with Gasteiger partial charge in [0.2, 0.25) is 5.91 Å². The molecule has 126 valence electrons. The van der Waals surface area contributed by atoms with Crippen LogP contribution in [0.25, 0.3) is 0 Å². The maximum atomic E-state index is 13.0. The van der Waals surface area contributed by atoms with Gasteiger partial charge in [0.1, 0.15) is 6.04 Å². The van der Waals surface area contributed by atoms with Crippen LogP contribution in [-0.2, 0) is 16.0 Å². The van der Waals surface area contributed by atoms with Gasteiger partial charge in [0.15, 0.2) is 0 Å². The minimum Gasteiger partial charge on any atom is -0.480 e. The third-order valence-corrected chi connectivity index (χ3v) is 4.24. The predicted octanol–water partition coefficient (Wildman–Crippen LogP) is 2.68. The second-order valence-corrected chi connectivity index (χ2v) is 5.87. The molecule has 1 aromatic carbocycles. The number of carboxylic acid groups (broad SMARTS) is 1. The van der Waals surface area contributed by atoms with Gasteiger partial charge in [0, 0.05) is 11.9 Å². The number of carbonyl (C=O) groups excluding carboxylic acids is 1. The summed E-state index contributed by atoms with van der Waals surface area (Å²) >= 11 is 4.30. The monoisotopic (exact) mass is 344 g/mol. The lowest BCUT2D eigenvalue weighted by Gasteiger charge is -2.29. The summed E-state index contributed by atoms with van der Waals surface area (Å²) < 4.78 is 0. The van der Waals surface area contributed by atoms with Gasteiger partial charge in [-0.3, -0.25) is 14.7 Å². The molecule has 1 N–H and O–H groups in total. The number of pyridine rings is 1. The van der Waals surface area contributed by atoms with Crippen LogP contribution in [0.4, 0.5) is 5.69 Å². The Labute approximate surface area is 146 Å². The van der Waals surface area contributed by atoms with E-state index in [9.17, 15) is 14.7 Å². The van der Waals surface area contributed by atoms with Gasteiger partial charge in [-0.1, -0.05) is 30.3 Å². The van der Waals surface area contributed by atoms with E-state index in [1.807, 2.05) is 30.3 Å². The number of hydrogen-bond acceptors (Lipinski definition) is 4. The van der Waals surface area contributed by atoms with Crippen molar-refractivity contribution in [2.75, 3.05) is 10.7 Å². The van der Waals surface area contributed by atoms with E-state index in [4.69, 9.17) is 0 Å². The molecule has 0 aliphatic heterocycles. The van der Waals surface area contributed by atoms with Crippen LogP contribution in [0, 0.1) is 5.92 Å². The molecule has 0 saturated carbocycles. The summed E-state index contributed by atoms with van der Waals surface area (Å²) in [5.41, 5.74) is 1.48. The summed E-state index contributed by atoms with van der Waals surface area (Å²) in [5, 5.41) is 9.37. The molecule has 1 aromatic heterocycles. The van der Waals surface area contributed by atoms with Crippen LogP contribution >= 0.6 is 12.6 Å². The molecule has 0 radical (unpaired) electrons. The van der Waals surface area contributed by atoms with Crippen molar-refractivity contribution in [3.63, 3.8) is 0 Å². The number of benzene rings is 1. The fourth-order valence-corrected chi connectivity index (χ4v) is 2.76. The number of aromatic nitrogens is 1. The first-order valence-electron chi connectivity index (χ1n) is 7.65. The number of carbonyl (C=O) groups is 2. The summed E-state index contributed by atoms with van der Waals surface area (Å²) in [6.45, 7) is 1.49. The molecular formula is C18H20N2O3S. The lowest BCUT2D eigenvalue weighted by atomic mass is 9.98. The molecule has 2 rings (SSSR count). The van der Waals surface area contributed by atoms with Crippen molar-refractivity contribution in [2.45, 2.75) is 19.4 Å². The fraction of sp³-hybridized carbons (Fsp3) is 0.278. The number of anilines is 1. The molecule has 1 unspecified atom stereocenters. The van der Waals surface area contributed by atoms with Gasteiger partial charge >= 0.3 is 5.97 Å². The third kappa shape index (κ3) is 4.35. The molecule has 0 aliphatic rings. The van der Waals surface area contributed by atoms with Gasteiger partial charge in [-0.25, -0.2) is 4.79 Å². The van der Waals surface area contributed by atoms with E-state index in [0.717, 1.165) is 5.56 Å². The van der Waals surface area contributed by atoms with Gasteiger partial charge in [0.25, 0.3) is 0 Å². The van der Waals surface area contributed by atoms with E-state index in [0.29, 0.717) is 17.9 Å². The van der Waals surface area contributed by atoms with Crippen molar-refractivity contribution < 1.29 is 14.7 Å². The molecule has 1 heterocycles. The molecule has 1 amide bonds. The van der Waals surface area contributed by atoms with Crippen molar-refractivity contribution in [3.05, 3.63) is 60.4 Å². The predicted molar refractivity (Wildman–Crippen MR) is 96.3 cm³/mol. The second kappa shape index (κ2) is 8.49. The molecule has 5 nitrogen and oxygen atoms in total. The number of rotatable bonds is 7. The first kappa shape index (κ1) is 18.0. The molecule has 2 atom stereocenters. The van der Waals surface area contributed by atoms with Crippen molar-refractivity contribution in [1.82, 2.24) is 4.98 Å². The van der Waals surface area contributed by atoms with Crippen LogP contribution in [0.1, 0.15) is 12.5 Å². The third-order valence-electron chi connectivity index (χ3n) is 3.80. The van der Waals surface area contributed by atoms with Crippen molar-refractivity contribution in [3.8, 4) is 0 Å². The Kier molecular flexibility index (Phi) is 6.37. The Morgan fingerprint density at radius 3 is 2.46 bits per heavy atom. The van der Waals surface area contributed by atoms with Gasteiger partial charge in [-0.15, -0.1) is 0 Å². The Morgan fingerprint density at radius 2 is 1.92 bits per heavy atom. The van der Waals surface area contributed by atoms with Gasteiger partial charge in [0.05, 0.1) is 17.8 Å². The van der Waals surface area contributed by atoms with E-state index >= 15 is 0 Å². The van der Waals surface area contributed by atoms with Crippen molar-refractivity contribution in [1.29, 1.82) is 0 Å². The van der Waals surface area contributed by atoms with Gasteiger partial charge in [-0.05, 0) is 31.0 Å². The largest absolute Gasteiger partial charge is 0.480 e. The summed E-state index contributed by atoms with van der Waals surface area (Å²) in [6, 6.07) is 12.0. The SMILES string of the molecule is C[C@@H](C(=O)O)N(C(=O)C(CS)Cc1ccccc1)c1cccnc1. The van der Waals surface area contributed by atoms with E-state index in [-0.39, 0.29) is 5.91 Å². The van der Waals surface area contributed by atoms with Crippen LogP contribution in [0.5, 0.6) is 0 Å². The van der Waals surface area contributed by atoms with E-state index < -0.39 is 17.9 Å². The molecule has 0 spiro atoms. The van der Waals surface area contributed by atoms with Crippen LogP contribution in [0.2, 0.25) is 0 Å². The van der Waals surface area contributed by atoms with Crippen LogP contribution in [0.15, 0.2) is 54.9 Å². The van der Waals surface area contributed by atoms with E-state index in [2.05, 4.69) is 17.6 Å². The van der Waals surface area contributed by atoms with Crippen molar-refractivity contribution >= 4 is 30.2 Å². The Balaban J connectivity index is 2.30. The fourth-order valence-electron chi connectivity index (χ4n) is 2.47. The zero-order valence-corrected chi connectivity index (χ0v) is 14.3. The maximum Gasteiger partial charge on any atom is 0.326 e. The Bertz CT molecular complexity index is 679. The van der Waals surface area contributed by atoms with E-state index in [1.165, 1.54) is 18.0 Å². The second-order valence-electron chi connectivity index (χ2n) is 5.50. The molecule has 0 fully saturated rings. The van der Waals surface area contributed by atoms with Gasteiger partial charge < -0.3 is 5.11 Å². The highest BCUT2D eigenvalue weighted by molar-refractivity contribution is 7.80. The zero-order valence-electron chi connectivity index (χ0n) is 13.4. The molecule has 0 saturated heterocycles. The van der Waals surface area contributed by atoms with Gasteiger partial charge in [-0.2, -0.15) is 12.6 Å². The number of nitrogens with zero attached hydrogens (tertiary/aromatic N) is 2. The van der Waals surface area contributed by atoms with Crippen molar-refractivity contribution in [2.24, 2.45) is 5.92 Å². The quantitative estimate of drug-likeness (QED) is 0.758. The standard InChI is InChI=1S/C18H20N2O3S/c1-13(18(22)23)20(16-8-5-9-19-11-16)17(21)15(12-24)10-14-6-3-2-4-7-14/h2-9,11,13,15,24H,10,12H2,1H3,(H,22,23)/t13-,15?/m0/s1. The molecule has 0 aliphatic carbocycles. The highest BCUT2D eigenvalue weighted by Crippen LogP contribution is 2.22. The lowest BCUT2D eigenvalue weighted by Crippen LogP contribution is -2.47. The average Bonchev–Trinajstić information content (AvgIpc) is 2.61. The smallest absolute Gasteiger partial charge is 0.326 e. The summed E-state index contributed by atoms with van der Waals surface area (Å²) in [4.78, 5) is 29.7. The minimum atomic E-state index is -1.06. The topological polar surface area (TPSA) is 70.5 Å². The molecule has 6 heteroatoms. The molecule has 0 bridgehead atoms. The molecular weight excluding hydrogens is 324 g/mol. The number of carboxylic acids is 1. The maximum absolute atomic E-state index is 13.0. The van der Waals surface area contributed by atoms with Crippen LogP contribution in [0.3, 0.4) is 0 Å². The number of thiol groups is 1. The summed E-state index contributed by atoms with van der Waals surface area (Å²) in [6.07, 6.45) is 3.58. The molecule has 24 heavy (non-hydrogen) atoms. The average molecular weight is 344 g/mol. The Hall–Kier alpha value is -2.34. The normalized spacial score (nSPS) is 13.1. The Morgan fingerprint density at radius 1 is 1.21 bits per heavy atom. The number of aliphatic carboxylic acids is 1.